The molecule has 1 fully saturated rings. The molecule has 0 aliphatic heterocycles. The van der Waals surface area contributed by atoms with Crippen LogP contribution in [0.25, 0.3) is 10.8 Å². The second-order valence-electron chi connectivity index (χ2n) is 7.65. The van der Waals surface area contributed by atoms with Gasteiger partial charge in [-0.05, 0) is 19.8 Å². The predicted molar refractivity (Wildman–Crippen MR) is 107 cm³/mol. The highest BCUT2D eigenvalue weighted by Crippen LogP contribution is 2.42. The van der Waals surface area contributed by atoms with Gasteiger partial charge in [-0.3, -0.25) is 14.2 Å². The summed E-state index contributed by atoms with van der Waals surface area (Å²) in [5.74, 6) is -0.862. The van der Waals surface area contributed by atoms with Gasteiger partial charge in [0.15, 0.2) is 5.82 Å². The number of nitriles is 1. The topological polar surface area (TPSA) is 92.7 Å². The minimum absolute atomic E-state index is 0.00520. The number of hydrogen-bond acceptors (Lipinski definition) is 5. The van der Waals surface area contributed by atoms with Gasteiger partial charge in [0, 0.05) is 30.3 Å². The number of rotatable bonds is 5. The number of nitrogens with zero attached hydrogens (tertiary/aromatic N) is 4. The summed E-state index contributed by atoms with van der Waals surface area (Å²) in [4.78, 5) is 25.1. The average Bonchev–Trinajstić information content (AvgIpc) is 3.52. The van der Waals surface area contributed by atoms with Crippen molar-refractivity contribution in [1.82, 2.24) is 14.3 Å². The summed E-state index contributed by atoms with van der Waals surface area (Å²) in [6, 6.07) is 6.25. The number of fused-ring (bicyclic) bond motifs is 1. The highest BCUT2D eigenvalue weighted by molar-refractivity contribution is 5.90. The Kier molecular flexibility index (Phi) is 4.84. The predicted octanol–water partition coefficient (Wildman–Crippen LogP) is 3.36. The SMILES string of the molecule is C[C@@H](Nc1nn(C)c(=O)c2cc(=O)n(C3(C#N)CC3)cc12)c1cccc(C(F)F)c1F. The maximum atomic E-state index is 14.6. The molecule has 0 saturated heterocycles. The van der Waals surface area contributed by atoms with Crippen molar-refractivity contribution in [3.63, 3.8) is 0 Å². The van der Waals surface area contributed by atoms with E-state index in [0.29, 0.717) is 12.8 Å². The van der Waals surface area contributed by atoms with Crippen molar-refractivity contribution in [3.8, 4) is 6.07 Å². The number of aromatic nitrogens is 3. The molecule has 1 atom stereocenters. The molecule has 31 heavy (non-hydrogen) atoms. The van der Waals surface area contributed by atoms with E-state index in [1.165, 1.54) is 29.9 Å². The van der Waals surface area contributed by atoms with E-state index in [1.807, 2.05) is 0 Å². The number of anilines is 1. The van der Waals surface area contributed by atoms with Gasteiger partial charge in [-0.1, -0.05) is 18.2 Å². The summed E-state index contributed by atoms with van der Waals surface area (Å²) in [7, 11) is 1.40. The Bertz CT molecular complexity index is 1350. The van der Waals surface area contributed by atoms with Crippen molar-refractivity contribution in [2.45, 2.75) is 37.8 Å². The maximum absolute atomic E-state index is 14.6. The molecule has 3 aromatic rings. The van der Waals surface area contributed by atoms with Gasteiger partial charge in [0.2, 0.25) is 0 Å². The van der Waals surface area contributed by atoms with Gasteiger partial charge in [0.1, 0.15) is 11.4 Å². The third-order valence-electron chi connectivity index (χ3n) is 5.59. The monoisotopic (exact) mass is 429 g/mol. The summed E-state index contributed by atoms with van der Waals surface area (Å²) in [6.45, 7) is 1.57. The summed E-state index contributed by atoms with van der Waals surface area (Å²) in [6.07, 6.45) is -0.530. The van der Waals surface area contributed by atoms with Gasteiger partial charge >= 0.3 is 0 Å². The average molecular weight is 429 g/mol. The van der Waals surface area contributed by atoms with Crippen LogP contribution >= 0.6 is 0 Å². The normalized spacial score (nSPS) is 15.6. The molecule has 1 N–H and O–H groups in total. The maximum Gasteiger partial charge on any atom is 0.274 e. The minimum atomic E-state index is -2.96. The summed E-state index contributed by atoms with van der Waals surface area (Å²) < 4.78 is 43.0. The molecular formula is C21H18F3N5O2. The molecule has 1 aromatic carbocycles. The Balaban J connectivity index is 1.85. The van der Waals surface area contributed by atoms with E-state index in [4.69, 9.17) is 0 Å². The third kappa shape index (κ3) is 3.36. The van der Waals surface area contributed by atoms with E-state index in [9.17, 15) is 28.0 Å². The van der Waals surface area contributed by atoms with Crippen LogP contribution in [-0.4, -0.2) is 14.3 Å². The lowest BCUT2D eigenvalue weighted by atomic mass is 10.0. The molecule has 0 bridgehead atoms. The van der Waals surface area contributed by atoms with Crippen LogP contribution < -0.4 is 16.4 Å². The van der Waals surface area contributed by atoms with E-state index < -0.39 is 40.5 Å². The number of alkyl halides is 2. The standard InChI is InChI=1S/C21H18F3N5O2/c1-11(12-4-3-5-13(17(12)22)18(23)24)26-19-15-9-29(21(10-25)6-7-21)16(30)8-14(15)20(31)28(2)27-19/h3-5,8-9,11,18H,6-7H2,1-2H3,(H,26,27)/t11-/m1/s1. The van der Waals surface area contributed by atoms with Gasteiger partial charge in [-0.2, -0.15) is 10.4 Å². The quantitative estimate of drug-likeness (QED) is 0.672. The molecule has 1 aliphatic rings. The molecular weight excluding hydrogens is 411 g/mol. The van der Waals surface area contributed by atoms with Crippen LogP contribution in [0, 0.1) is 17.1 Å². The molecule has 0 spiro atoms. The molecule has 0 radical (unpaired) electrons. The van der Waals surface area contributed by atoms with E-state index in [2.05, 4.69) is 16.5 Å². The lowest BCUT2D eigenvalue weighted by Gasteiger charge is -2.19. The lowest BCUT2D eigenvalue weighted by molar-refractivity contribution is 0.146. The molecule has 2 heterocycles. The van der Waals surface area contributed by atoms with Crippen molar-refractivity contribution in [3.05, 3.63) is 68.1 Å². The van der Waals surface area contributed by atoms with Gasteiger partial charge < -0.3 is 5.32 Å². The Labute approximate surface area is 174 Å². The van der Waals surface area contributed by atoms with Gasteiger partial charge in [-0.25, -0.2) is 17.9 Å². The lowest BCUT2D eigenvalue weighted by Crippen LogP contribution is -2.31. The molecule has 0 unspecified atom stereocenters. The number of hydrogen-bond donors (Lipinski definition) is 1. The first-order valence-electron chi connectivity index (χ1n) is 9.57. The van der Waals surface area contributed by atoms with Crippen molar-refractivity contribution < 1.29 is 13.2 Å². The van der Waals surface area contributed by atoms with Crippen molar-refractivity contribution >= 4 is 16.6 Å². The van der Waals surface area contributed by atoms with Crippen LogP contribution in [0.3, 0.4) is 0 Å². The molecule has 0 amide bonds. The van der Waals surface area contributed by atoms with E-state index >= 15 is 0 Å². The number of nitrogens with one attached hydrogen (secondary N) is 1. The Morgan fingerprint density at radius 2 is 1.90 bits per heavy atom. The molecule has 4 rings (SSSR count). The van der Waals surface area contributed by atoms with E-state index in [0.717, 1.165) is 16.8 Å². The molecule has 2 aromatic heterocycles. The highest BCUT2D eigenvalue weighted by Gasteiger charge is 2.46. The Hall–Kier alpha value is -3.61. The largest absolute Gasteiger partial charge is 0.361 e. The number of halogens is 3. The van der Waals surface area contributed by atoms with E-state index in [1.54, 1.807) is 6.92 Å². The minimum Gasteiger partial charge on any atom is -0.361 e. The van der Waals surface area contributed by atoms with Crippen LogP contribution in [0.2, 0.25) is 0 Å². The highest BCUT2D eigenvalue weighted by atomic mass is 19.3. The molecule has 160 valence electrons. The van der Waals surface area contributed by atoms with Crippen molar-refractivity contribution in [2.24, 2.45) is 7.05 Å². The van der Waals surface area contributed by atoms with Crippen LogP contribution in [0.1, 0.15) is 43.4 Å². The number of aryl methyl sites for hydroxylation is 1. The van der Waals surface area contributed by atoms with Crippen LogP contribution in [-0.2, 0) is 12.6 Å². The number of pyridine rings is 1. The van der Waals surface area contributed by atoms with Crippen LogP contribution in [0.4, 0.5) is 19.0 Å². The molecule has 1 aliphatic carbocycles. The van der Waals surface area contributed by atoms with Crippen molar-refractivity contribution in [1.29, 1.82) is 5.26 Å². The van der Waals surface area contributed by atoms with Crippen LogP contribution in [0.15, 0.2) is 40.1 Å². The van der Waals surface area contributed by atoms with Crippen molar-refractivity contribution in [2.75, 3.05) is 5.32 Å². The first-order chi connectivity index (χ1) is 14.7. The zero-order valence-electron chi connectivity index (χ0n) is 16.7. The molecule has 10 heteroatoms. The van der Waals surface area contributed by atoms with E-state index in [-0.39, 0.29) is 22.2 Å². The fourth-order valence-electron chi connectivity index (χ4n) is 3.64. The zero-order chi connectivity index (χ0) is 22.5. The smallest absolute Gasteiger partial charge is 0.274 e. The first-order valence-corrected chi connectivity index (χ1v) is 9.57. The summed E-state index contributed by atoms with van der Waals surface area (Å²) in [5, 5.41) is 17.0. The molecule has 1 saturated carbocycles. The number of benzene rings is 1. The van der Waals surface area contributed by atoms with Gasteiger partial charge in [0.05, 0.1) is 23.1 Å². The summed E-state index contributed by atoms with van der Waals surface area (Å²) >= 11 is 0. The first kappa shape index (κ1) is 20.7. The zero-order valence-corrected chi connectivity index (χ0v) is 16.7. The third-order valence-corrected chi connectivity index (χ3v) is 5.59. The molecule has 7 nitrogen and oxygen atoms in total. The van der Waals surface area contributed by atoms with Gasteiger partial charge in [0.25, 0.3) is 17.5 Å². The fraction of sp³-hybridized carbons (Fsp3) is 0.333. The Morgan fingerprint density at radius 3 is 2.52 bits per heavy atom. The van der Waals surface area contributed by atoms with Crippen LogP contribution in [0.5, 0.6) is 0 Å². The fourth-order valence-corrected chi connectivity index (χ4v) is 3.64. The Morgan fingerprint density at radius 1 is 1.23 bits per heavy atom. The summed E-state index contributed by atoms with van der Waals surface area (Å²) in [5.41, 5.74) is -2.64. The van der Waals surface area contributed by atoms with Gasteiger partial charge in [-0.15, -0.1) is 0 Å². The second kappa shape index (κ2) is 7.27. The second-order valence-corrected chi connectivity index (χ2v) is 7.65.